The van der Waals surface area contributed by atoms with Crippen molar-refractivity contribution >= 4 is 11.6 Å². The van der Waals surface area contributed by atoms with Gasteiger partial charge in [0.15, 0.2) is 23.9 Å². The predicted octanol–water partition coefficient (Wildman–Crippen LogP) is 4.54. The highest BCUT2D eigenvalue weighted by Crippen LogP contribution is 2.41. The van der Waals surface area contributed by atoms with Crippen molar-refractivity contribution in [1.29, 1.82) is 0 Å². The number of halogens is 1. The molecule has 3 heterocycles. The summed E-state index contributed by atoms with van der Waals surface area (Å²) in [6, 6.07) is 10.2. The molecule has 7 nitrogen and oxygen atoms in total. The summed E-state index contributed by atoms with van der Waals surface area (Å²) in [6.07, 6.45) is 4.97. The molecule has 0 saturated carbocycles. The molecule has 1 amide bonds. The molecule has 2 aliphatic heterocycles. The van der Waals surface area contributed by atoms with Crippen molar-refractivity contribution in [3.8, 4) is 22.9 Å². The number of hydrogen-bond donors (Lipinski definition) is 1. The van der Waals surface area contributed by atoms with Crippen LogP contribution in [0.3, 0.4) is 0 Å². The molecule has 0 atom stereocenters. The summed E-state index contributed by atoms with van der Waals surface area (Å²) in [5.41, 5.74) is 1.53. The maximum Gasteiger partial charge on any atom is 0.262 e. The first-order valence-electron chi connectivity index (χ1n) is 11.4. The lowest BCUT2D eigenvalue weighted by Crippen LogP contribution is -2.25. The number of fused-ring (bicyclic) bond motifs is 2. The van der Waals surface area contributed by atoms with Gasteiger partial charge in [-0.05, 0) is 51.0 Å². The van der Waals surface area contributed by atoms with Crippen molar-refractivity contribution in [2.24, 2.45) is 0 Å². The van der Waals surface area contributed by atoms with Crippen LogP contribution in [0.15, 0.2) is 36.4 Å². The van der Waals surface area contributed by atoms with Crippen LogP contribution in [0.5, 0.6) is 11.5 Å². The normalized spacial score (nSPS) is 16.3. The Labute approximate surface area is 191 Å². The first-order valence-corrected chi connectivity index (χ1v) is 11.4. The highest BCUT2D eigenvalue weighted by atomic mass is 19.1. The summed E-state index contributed by atoms with van der Waals surface area (Å²) in [5, 5.41) is 11.2. The Hall–Kier alpha value is -3.42. The molecule has 8 heteroatoms. The summed E-state index contributed by atoms with van der Waals surface area (Å²) in [7, 11) is 0. The quantitative estimate of drug-likeness (QED) is 0.617. The van der Waals surface area contributed by atoms with E-state index in [0.717, 1.165) is 50.0 Å². The molecular formula is C25H27FN4O3. The van der Waals surface area contributed by atoms with Crippen LogP contribution in [0.25, 0.3) is 11.4 Å². The average Bonchev–Trinajstić information content (AvgIpc) is 3.23. The standard InChI is InChI=1S/C25H27FN4O3/c1-25(2)14-17-7-6-8-20(23(17)33-25)32-15-22(31)27-19-13-16(10-11-18(19)26)24-29-28-21-9-4-3-5-12-30(21)24/h6-8,10-11,13H,3-5,9,12,14-15H2,1-2H3,(H,27,31). The molecule has 1 N–H and O–H groups in total. The topological polar surface area (TPSA) is 78.3 Å². The Morgan fingerprint density at radius 1 is 1.21 bits per heavy atom. The molecule has 0 fully saturated rings. The molecule has 172 valence electrons. The summed E-state index contributed by atoms with van der Waals surface area (Å²) in [4.78, 5) is 12.6. The van der Waals surface area contributed by atoms with Crippen LogP contribution in [0, 0.1) is 5.82 Å². The third-order valence-electron chi connectivity index (χ3n) is 6.02. The number of nitrogens with one attached hydrogen (secondary N) is 1. The Morgan fingerprint density at radius 2 is 2.09 bits per heavy atom. The number of ether oxygens (including phenoxy) is 2. The predicted molar refractivity (Wildman–Crippen MR) is 122 cm³/mol. The second-order valence-corrected chi connectivity index (χ2v) is 9.22. The highest BCUT2D eigenvalue weighted by Gasteiger charge is 2.32. The number of nitrogens with zero attached hydrogens (tertiary/aromatic N) is 3. The Morgan fingerprint density at radius 3 is 2.97 bits per heavy atom. The first-order chi connectivity index (χ1) is 15.9. The molecular weight excluding hydrogens is 423 g/mol. The van der Waals surface area contributed by atoms with Crippen LogP contribution in [0.1, 0.15) is 44.5 Å². The maximum atomic E-state index is 14.5. The lowest BCUT2D eigenvalue weighted by molar-refractivity contribution is -0.118. The van der Waals surface area contributed by atoms with Gasteiger partial charge in [-0.25, -0.2) is 4.39 Å². The molecule has 0 spiro atoms. The van der Waals surface area contributed by atoms with Crippen molar-refractivity contribution in [2.75, 3.05) is 11.9 Å². The monoisotopic (exact) mass is 450 g/mol. The number of amides is 1. The van der Waals surface area contributed by atoms with Crippen molar-refractivity contribution < 1.29 is 18.7 Å². The molecule has 3 aromatic rings. The summed E-state index contributed by atoms with van der Waals surface area (Å²) >= 11 is 0. The van der Waals surface area contributed by atoms with E-state index in [1.165, 1.54) is 6.07 Å². The third-order valence-corrected chi connectivity index (χ3v) is 6.02. The summed E-state index contributed by atoms with van der Waals surface area (Å²) in [6.45, 7) is 4.59. The van der Waals surface area contributed by atoms with E-state index < -0.39 is 11.7 Å². The number of para-hydroxylation sites is 1. The minimum absolute atomic E-state index is 0.0859. The summed E-state index contributed by atoms with van der Waals surface area (Å²) in [5.74, 6) is 1.84. The Balaban J connectivity index is 1.30. The molecule has 0 radical (unpaired) electrons. The fourth-order valence-electron chi connectivity index (χ4n) is 4.49. The van der Waals surface area contributed by atoms with Crippen LogP contribution in [-0.4, -0.2) is 32.9 Å². The zero-order chi connectivity index (χ0) is 23.0. The lowest BCUT2D eigenvalue weighted by Gasteiger charge is -2.18. The molecule has 0 bridgehead atoms. The van der Waals surface area contributed by atoms with Gasteiger partial charge in [-0.15, -0.1) is 10.2 Å². The number of hydrogen-bond acceptors (Lipinski definition) is 5. The minimum Gasteiger partial charge on any atom is -0.483 e. The van der Waals surface area contributed by atoms with Gasteiger partial charge in [-0.2, -0.15) is 0 Å². The second-order valence-electron chi connectivity index (χ2n) is 9.22. The van der Waals surface area contributed by atoms with E-state index in [1.54, 1.807) is 18.2 Å². The van der Waals surface area contributed by atoms with Crippen molar-refractivity contribution in [1.82, 2.24) is 14.8 Å². The number of benzene rings is 2. The molecule has 33 heavy (non-hydrogen) atoms. The fourth-order valence-corrected chi connectivity index (χ4v) is 4.49. The van der Waals surface area contributed by atoms with Crippen LogP contribution in [0.2, 0.25) is 0 Å². The maximum absolute atomic E-state index is 14.5. The number of carbonyl (C=O) groups is 1. The molecule has 0 saturated heterocycles. The smallest absolute Gasteiger partial charge is 0.262 e. The second kappa shape index (κ2) is 8.50. The molecule has 1 aromatic heterocycles. The molecule has 0 unspecified atom stereocenters. The zero-order valence-corrected chi connectivity index (χ0v) is 18.9. The van der Waals surface area contributed by atoms with Gasteiger partial charge in [0, 0.05) is 30.5 Å². The van der Waals surface area contributed by atoms with E-state index >= 15 is 0 Å². The van der Waals surface area contributed by atoms with Gasteiger partial charge in [0.1, 0.15) is 17.2 Å². The molecule has 2 aromatic carbocycles. The number of anilines is 1. The third kappa shape index (κ3) is 4.42. The van der Waals surface area contributed by atoms with Crippen molar-refractivity contribution in [3.63, 3.8) is 0 Å². The number of aryl methyl sites for hydroxylation is 1. The van der Waals surface area contributed by atoms with E-state index in [4.69, 9.17) is 9.47 Å². The lowest BCUT2D eigenvalue weighted by atomic mass is 10.0. The molecule has 0 aliphatic carbocycles. The van der Waals surface area contributed by atoms with Crippen molar-refractivity contribution in [2.45, 2.75) is 58.1 Å². The molecule has 2 aliphatic rings. The SMILES string of the molecule is CC1(C)Cc2cccc(OCC(=O)Nc3cc(-c4nnc5n4CCCCC5)ccc3F)c2O1. The van der Waals surface area contributed by atoms with E-state index in [9.17, 15) is 9.18 Å². The molecule has 5 rings (SSSR count). The van der Waals surface area contributed by atoms with Gasteiger partial charge < -0.3 is 19.4 Å². The Kier molecular flexibility index (Phi) is 5.52. The van der Waals surface area contributed by atoms with E-state index in [0.29, 0.717) is 22.9 Å². The van der Waals surface area contributed by atoms with Gasteiger partial charge in [0.05, 0.1) is 5.69 Å². The van der Waals surface area contributed by atoms with Crippen LogP contribution >= 0.6 is 0 Å². The van der Waals surface area contributed by atoms with Gasteiger partial charge in [-0.1, -0.05) is 18.6 Å². The van der Waals surface area contributed by atoms with Gasteiger partial charge in [-0.3, -0.25) is 4.79 Å². The first kappa shape index (κ1) is 21.4. The Bertz CT molecular complexity index is 1200. The zero-order valence-electron chi connectivity index (χ0n) is 18.9. The van der Waals surface area contributed by atoms with Gasteiger partial charge in [0.2, 0.25) is 0 Å². The minimum atomic E-state index is -0.520. The van der Waals surface area contributed by atoms with E-state index in [-0.39, 0.29) is 17.9 Å². The van der Waals surface area contributed by atoms with Crippen molar-refractivity contribution in [3.05, 3.63) is 53.6 Å². The van der Waals surface area contributed by atoms with Crippen LogP contribution in [0.4, 0.5) is 10.1 Å². The largest absolute Gasteiger partial charge is 0.483 e. The number of aromatic nitrogens is 3. The van der Waals surface area contributed by atoms with Gasteiger partial charge >= 0.3 is 0 Å². The van der Waals surface area contributed by atoms with E-state index in [1.807, 2.05) is 26.0 Å². The van der Waals surface area contributed by atoms with Gasteiger partial charge in [0.25, 0.3) is 5.91 Å². The fraction of sp³-hybridized carbons (Fsp3) is 0.400. The van der Waals surface area contributed by atoms with Crippen LogP contribution < -0.4 is 14.8 Å². The number of rotatable bonds is 5. The summed E-state index contributed by atoms with van der Waals surface area (Å²) < 4.78 is 28.3. The van der Waals surface area contributed by atoms with Crippen LogP contribution in [-0.2, 0) is 24.2 Å². The average molecular weight is 451 g/mol. The van der Waals surface area contributed by atoms with E-state index in [2.05, 4.69) is 20.1 Å². The number of carbonyl (C=O) groups excluding carboxylic acids is 1. The highest BCUT2D eigenvalue weighted by molar-refractivity contribution is 5.92.